The molecule has 7 heteroatoms. The molecule has 0 radical (unpaired) electrons. The summed E-state index contributed by atoms with van der Waals surface area (Å²) in [7, 11) is 1.29. The van der Waals surface area contributed by atoms with Gasteiger partial charge in [0.2, 0.25) is 0 Å². The molecule has 2 aliphatic rings. The predicted molar refractivity (Wildman–Crippen MR) is 106 cm³/mol. The topological polar surface area (TPSA) is 92.1 Å². The van der Waals surface area contributed by atoms with Gasteiger partial charge in [0.15, 0.2) is 0 Å². The van der Waals surface area contributed by atoms with Crippen molar-refractivity contribution in [2.75, 3.05) is 12.8 Å². The lowest BCUT2D eigenvalue weighted by Crippen LogP contribution is -2.15. The molecule has 7 nitrogen and oxygen atoms in total. The lowest BCUT2D eigenvalue weighted by atomic mass is 10.1. The molecule has 140 valence electrons. The summed E-state index contributed by atoms with van der Waals surface area (Å²) in [6.07, 6.45) is 3.21. The van der Waals surface area contributed by atoms with Crippen molar-refractivity contribution < 1.29 is 9.53 Å². The Hall–Kier alpha value is -3.87. The molecule has 0 unspecified atom stereocenters. The third kappa shape index (κ3) is 2.83. The summed E-state index contributed by atoms with van der Waals surface area (Å²) < 4.78 is 7.85. The second-order valence-electron chi connectivity index (χ2n) is 6.45. The van der Waals surface area contributed by atoms with Crippen molar-refractivity contribution in [2.45, 2.75) is 6.92 Å². The van der Waals surface area contributed by atoms with E-state index in [0.29, 0.717) is 22.6 Å². The highest BCUT2D eigenvalue weighted by atomic mass is 16.5. The number of nitrogens with zero attached hydrogens (tertiary/aromatic N) is 3. The highest BCUT2D eigenvalue weighted by molar-refractivity contribution is 5.96. The highest BCUT2D eigenvalue weighted by Crippen LogP contribution is 2.26. The van der Waals surface area contributed by atoms with Crippen LogP contribution in [0.1, 0.15) is 15.9 Å². The molecule has 4 rings (SSSR count). The van der Waals surface area contributed by atoms with Gasteiger partial charge in [-0.1, -0.05) is 24.3 Å². The average Bonchev–Trinajstić information content (AvgIpc) is 3.04. The molecule has 0 saturated carbocycles. The number of aryl methyl sites for hydroxylation is 1. The van der Waals surface area contributed by atoms with E-state index < -0.39 is 5.97 Å². The van der Waals surface area contributed by atoms with Crippen LogP contribution in [-0.4, -0.2) is 27.4 Å². The minimum absolute atomic E-state index is 0.187. The van der Waals surface area contributed by atoms with Gasteiger partial charge in [0.1, 0.15) is 11.3 Å². The average molecular weight is 374 g/mol. The number of ether oxygens (including phenoxy) is 1. The van der Waals surface area contributed by atoms with E-state index in [1.807, 2.05) is 37.3 Å². The first-order valence-corrected chi connectivity index (χ1v) is 8.65. The summed E-state index contributed by atoms with van der Waals surface area (Å²) in [6.45, 7) is 1.93. The van der Waals surface area contributed by atoms with Gasteiger partial charge in [0.25, 0.3) is 5.56 Å². The largest absolute Gasteiger partial charge is 0.465 e. The molecule has 2 heterocycles. The van der Waals surface area contributed by atoms with E-state index in [0.717, 1.165) is 5.56 Å². The van der Waals surface area contributed by atoms with Crippen LogP contribution in [0.2, 0.25) is 0 Å². The Morgan fingerprint density at radius 3 is 2.61 bits per heavy atom. The van der Waals surface area contributed by atoms with Crippen LogP contribution in [0.4, 0.5) is 5.69 Å². The highest BCUT2D eigenvalue weighted by Gasteiger charge is 2.25. The second kappa shape index (κ2) is 6.70. The van der Waals surface area contributed by atoms with Crippen molar-refractivity contribution in [1.29, 1.82) is 0 Å². The Bertz CT molecular complexity index is 1220. The number of hydrogen-bond acceptors (Lipinski definition) is 5. The summed E-state index contributed by atoms with van der Waals surface area (Å²) in [5.41, 5.74) is 9.30. The van der Waals surface area contributed by atoms with Crippen molar-refractivity contribution in [3.63, 3.8) is 0 Å². The fourth-order valence-electron chi connectivity index (χ4n) is 3.16. The maximum absolute atomic E-state index is 13.1. The number of methoxy groups -OCH3 is 1. The summed E-state index contributed by atoms with van der Waals surface area (Å²) in [6, 6.07) is 14.6. The van der Waals surface area contributed by atoms with Gasteiger partial charge in [-0.05, 0) is 36.8 Å². The van der Waals surface area contributed by atoms with Gasteiger partial charge in [0, 0.05) is 12.4 Å². The molecule has 0 aliphatic carbocycles. The maximum atomic E-state index is 13.1. The fourth-order valence-corrected chi connectivity index (χ4v) is 3.16. The number of anilines is 1. The normalized spacial score (nSPS) is 10.9. The van der Waals surface area contributed by atoms with Gasteiger partial charge in [-0.15, -0.1) is 0 Å². The molecular formula is C21H18N4O3. The first-order valence-electron chi connectivity index (χ1n) is 8.65. The van der Waals surface area contributed by atoms with Crippen LogP contribution in [0.3, 0.4) is 0 Å². The van der Waals surface area contributed by atoms with E-state index in [-0.39, 0.29) is 16.8 Å². The predicted octanol–water partition coefficient (Wildman–Crippen LogP) is 2.81. The van der Waals surface area contributed by atoms with Gasteiger partial charge >= 0.3 is 5.97 Å². The van der Waals surface area contributed by atoms with Crippen molar-refractivity contribution >= 4 is 11.7 Å². The quantitative estimate of drug-likeness (QED) is 0.440. The van der Waals surface area contributed by atoms with E-state index in [1.165, 1.54) is 11.8 Å². The maximum Gasteiger partial charge on any atom is 0.341 e. The Balaban J connectivity index is 2.03. The fraction of sp³-hybridized carbons (Fsp3) is 0.0952. The van der Waals surface area contributed by atoms with Crippen LogP contribution in [0, 0.1) is 6.92 Å². The number of nitrogens with two attached hydrogens (primary N) is 1. The summed E-state index contributed by atoms with van der Waals surface area (Å²) >= 11 is 0. The SMILES string of the molecule is COC(=O)c1cn(-c2ccccc2N)cc2c(=O)n(-c3cccc(C)c3)nc1-2. The molecule has 2 aliphatic heterocycles. The minimum Gasteiger partial charge on any atom is -0.465 e. The van der Waals surface area contributed by atoms with E-state index in [4.69, 9.17) is 10.5 Å². The van der Waals surface area contributed by atoms with Gasteiger partial charge in [-0.3, -0.25) is 4.79 Å². The van der Waals surface area contributed by atoms with Crippen LogP contribution in [0.15, 0.2) is 65.7 Å². The molecule has 0 bridgehead atoms. The number of rotatable bonds is 3. The Morgan fingerprint density at radius 1 is 1.11 bits per heavy atom. The molecule has 28 heavy (non-hydrogen) atoms. The Morgan fingerprint density at radius 2 is 1.89 bits per heavy atom. The monoisotopic (exact) mass is 374 g/mol. The van der Waals surface area contributed by atoms with Gasteiger partial charge in [-0.2, -0.15) is 9.78 Å². The number of nitrogen functional groups attached to an aromatic ring is 1. The van der Waals surface area contributed by atoms with Crippen LogP contribution in [0.25, 0.3) is 22.6 Å². The third-order valence-electron chi connectivity index (χ3n) is 4.54. The number of pyridine rings is 1. The number of para-hydroxylation sites is 2. The number of carbonyl (C=O) groups is 1. The molecule has 2 aromatic rings. The van der Waals surface area contributed by atoms with Gasteiger partial charge in [-0.25, -0.2) is 4.79 Å². The lowest BCUT2D eigenvalue weighted by molar-refractivity contribution is 0.0600. The summed E-state index contributed by atoms with van der Waals surface area (Å²) in [5.74, 6) is -0.581. The zero-order valence-corrected chi connectivity index (χ0v) is 15.4. The molecule has 0 saturated heterocycles. The van der Waals surface area contributed by atoms with Crippen molar-refractivity contribution in [3.8, 4) is 22.6 Å². The van der Waals surface area contributed by atoms with E-state index in [9.17, 15) is 9.59 Å². The lowest BCUT2D eigenvalue weighted by Gasteiger charge is -2.13. The number of carbonyl (C=O) groups excluding carboxylic acids is 1. The first kappa shape index (κ1) is 17.5. The first-order chi connectivity index (χ1) is 13.5. The van der Waals surface area contributed by atoms with E-state index in [2.05, 4.69) is 5.10 Å². The zero-order valence-electron chi connectivity index (χ0n) is 15.4. The smallest absolute Gasteiger partial charge is 0.341 e. The molecule has 2 N–H and O–H groups in total. The van der Waals surface area contributed by atoms with E-state index in [1.54, 1.807) is 35.2 Å². The Kier molecular flexibility index (Phi) is 4.19. The van der Waals surface area contributed by atoms with Crippen LogP contribution >= 0.6 is 0 Å². The molecule has 2 aromatic carbocycles. The number of fused-ring (bicyclic) bond motifs is 1. The molecule has 0 atom stereocenters. The second-order valence-corrected chi connectivity index (χ2v) is 6.45. The van der Waals surface area contributed by atoms with Crippen molar-refractivity contribution in [3.05, 3.63) is 82.4 Å². The van der Waals surface area contributed by atoms with Crippen LogP contribution in [0.5, 0.6) is 0 Å². The molecular weight excluding hydrogens is 356 g/mol. The van der Waals surface area contributed by atoms with Crippen LogP contribution < -0.4 is 11.3 Å². The Labute approximate surface area is 160 Å². The number of benzene rings is 2. The van der Waals surface area contributed by atoms with Crippen molar-refractivity contribution in [2.24, 2.45) is 0 Å². The number of hydrogen-bond donors (Lipinski definition) is 1. The number of esters is 1. The summed E-state index contributed by atoms with van der Waals surface area (Å²) in [4.78, 5) is 25.5. The zero-order chi connectivity index (χ0) is 19.8. The third-order valence-corrected chi connectivity index (χ3v) is 4.54. The standard InChI is InChI=1S/C21H18N4O3/c1-13-6-5-7-14(10-13)25-20(26)15-11-24(18-9-4-3-8-17(18)22)12-16(19(15)23-25)21(27)28-2/h3-12H,22H2,1-2H3. The summed E-state index contributed by atoms with van der Waals surface area (Å²) in [5, 5.41) is 4.41. The van der Waals surface area contributed by atoms with Crippen LogP contribution in [-0.2, 0) is 4.74 Å². The van der Waals surface area contributed by atoms with Gasteiger partial charge in [0.05, 0.1) is 29.7 Å². The van der Waals surface area contributed by atoms with Gasteiger partial charge < -0.3 is 15.0 Å². The molecule has 0 fully saturated rings. The van der Waals surface area contributed by atoms with Crippen molar-refractivity contribution in [1.82, 2.24) is 14.3 Å². The number of aromatic nitrogens is 3. The molecule has 0 spiro atoms. The minimum atomic E-state index is -0.581. The van der Waals surface area contributed by atoms with E-state index >= 15 is 0 Å². The molecule has 0 amide bonds. The molecule has 0 aromatic heterocycles.